The molecular formula is C24H30F2N10O3. The molecule has 2 aromatic heterocycles. The van der Waals surface area contributed by atoms with E-state index in [1.54, 1.807) is 19.0 Å². The van der Waals surface area contributed by atoms with Crippen LogP contribution in [-0.4, -0.2) is 88.1 Å². The molecule has 1 saturated heterocycles. The number of fused-ring (bicyclic) bond motifs is 1. The topological polar surface area (TPSA) is 171 Å². The standard InChI is InChI=1S/C24H30F2N10O3/c1-12(37)7-29-22(39)18(19(27)35(3)4)32-13(2)21(38)34-17-5-6-28-20(33-17)14-8-30-23(31-9-14)36-10-15-16(11-36)24(15,25)26/h5-6,8-9,13,15-16,32H,7,10-11,27H2,1-4H3,(H,29,39)(H,28,33,34,38)/b19-18+/t13-,15?,16?/m0/s1. The number of halogens is 2. The molecule has 2 aromatic rings. The SMILES string of the molecule is CC(=O)CNC(=O)/C(N[C@@H](C)C(=O)Nc1ccnc(-c2cnc(N3CC4C(C3)C4(F)F)nc2)n1)=C(/N)N(C)C. The third-order valence-corrected chi connectivity index (χ3v) is 6.50. The number of carbonyl (C=O) groups is 3. The number of piperidine rings is 1. The Morgan fingerprint density at radius 1 is 1.18 bits per heavy atom. The number of amides is 2. The number of rotatable bonds is 10. The fraction of sp³-hybridized carbons (Fsp3) is 0.458. The van der Waals surface area contributed by atoms with Crippen LogP contribution in [0.4, 0.5) is 20.5 Å². The van der Waals surface area contributed by atoms with Crippen molar-refractivity contribution >= 4 is 29.4 Å². The molecule has 15 heteroatoms. The largest absolute Gasteiger partial charge is 0.383 e. The lowest BCUT2D eigenvalue weighted by Crippen LogP contribution is -2.45. The summed E-state index contributed by atoms with van der Waals surface area (Å²) in [5.74, 6) is -4.38. The zero-order valence-electron chi connectivity index (χ0n) is 21.9. The molecule has 3 atom stereocenters. The predicted octanol–water partition coefficient (Wildman–Crippen LogP) is -0.0539. The second-order valence-corrected chi connectivity index (χ2v) is 9.72. The van der Waals surface area contributed by atoms with Crippen LogP contribution in [0.2, 0.25) is 0 Å². The summed E-state index contributed by atoms with van der Waals surface area (Å²) >= 11 is 0. The molecule has 5 N–H and O–H groups in total. The summed E-state index contributed by atoms with van der Waals surface area (Å²) < 4.78 is 26.9. The van der Waals surface area contributed by atoms with Gasteiger partial charge in [0.15, 0.2) is 5.82 Å². The lowest BCUT2D eigenvalue weighted by Gasteiger charge is -2.22. The molecule has 0 aromatic carbocycles. The molecular weight excluding hydrogens is 514 g/mol. The number of anilines is 2. The number of carbonyl (C=O) groups excluding carboxylic acids is 3. The fourth-order valence-corrected chi connectivity index (χ4v) is 4.13. The van der Waals surface area contributed by atoms with E-state index in [2.05, 4.69) is 35.9 Å². The molecule has 1 aliphatic heterocycles. The summed E-state index contributed by atoms with van der Waals surface area (Å²) in [5.41, 5.74) is 6.43. The highest BCUT2D eigenvalue weighted by Crippen LogP contribution is 2.59. The average Bonchev–Trinajstić information content (AvgIpc) is 3.21. The summed E-state index contributed by atoms with van der Waals surface area (Å²) in [5, 5.41) is 7.90. The zero-order chi connectivity index (χ0) is 28.5. The summed E-state index contributed by atoms with van der Waals surface area (Å²) in [6, 6.07) is 0.575. The first-order chi connectivity index (χ1) is 18.4. The van der Waals surface area contributed by atoms with Crippen molar-refractivity contribution in [2.45, 2.75) is 25.8 Å². The first-order valence-corrected chi connectivity index (χ1v) is 12.2. The molecule has 0 bridgehead atoms. The quantitative estimate of drug-likeness (QED) is 0.296. The highest BCUT2D eigenvalue weighted by atomic mass is 19.3. The van der Waals surface area contributed by atoms with E-state index in [1.165, 1.54) is 43.4 Å². The summed E-state index contributed by atoms with van der Waals surface area (Å²) in [6.07, 6.45) is 4.44. The summed E-state index contributed by atoms with van der Waals surface area (Å²) in [4.78, 5) is 57.0. The molecule has 208 valence electrons. The van der Waals surface area contributed by atoms with Gasteiger partial charge in [0.2, 0.25) is 11.9 Å². The van der Waals surface area contributed by atoms with Crippen molar-refractivity contribution in [1.29, 1.82) is 0 Å². The van der Waals surface area contributed by atoms with Crippen LogP contribution in [0.5, 0.6) is 0 Å². The van der Waals surface area contributed by atoms with Crippen LogP contribution >= 0.6 is 0 Å². The van der Waals surface area contributed by atoms with Gasteiger partial charge in [-0.25, -0.2) is 28.7 Å². The number of hydrogen-bond donors (Lipinski definition) is 4. The molecule has 39 heavy (non-hydrogen) atoms. The van der Waals surface area contributed by atoms with Gasteiger partial charge in [-0.05, 0) is 19.9 Å². The van der Waals surface area contributed by atoms with Crippen molar-refractivity contribution in [1.82, 2.24) is 35.5 Å². The first kappa shape index (κ1) is 27.6. The summed E-state index contributed by atoms with van der Waals surface area (Å²) in [6.45, 7) is 3.11. The van der Waals surface area contributed by atoms with E-state index in [-0.39, 0.29) is 48.6 Å². The molecule has 2 amide bonds. The van der Waals surface area contributed by atoms with E-state index in [1.807, 2.05) is 0 Å². The third kappa shape index (κ3) is 6.02. The monoisotopic (exact) mass is 544 g/mol. The molecule has 13 nitrogen and oxygen atoms in total. The minimum atomic E-state index is -2.58. The Morgan fingerprint density at radius 2 is 1.82 bits per heavy atom. The number of nitrogens with one attached hydrogen (secondary N) is 3. The number of aromatic nitrogens is 4. The Morgan fingerprint density at radius 3 is 2.41 bits per heavy atom. The molecule has 3 heterocycles. The van der Waals surface area contributed by atoms with Gasteiger partial charge in [0, 0.05) is 45.8 Å². The van der Waals surface area contributed by atoms with Crippen molar-refractivity contribution in [3.8, 4) is 11.4 Å². The Balaban J connectivity index is 1.39. The number of nitrogens with zero attached hydrogens (tertiary/aromatic N) is 6. The van der Waals surface area contributed by atoms with Gasteiger partial charge in [0.25, 0.3) is 11.8 Å². The lowest BCUT2D eigenvalue weighted by atomic mass is 10.2. The van der Waals surface area contributed by atoms with Crippen LogP contribution in [0.25, 0.3) is 11.4 Å². The van der Waals surface area contributed by atoms with Crippen molar-refractivity contribution in [3.05, 3.63) is 36.2 Å². The van der Waals surface area contributed by atoms with E-state index in [0.717, 1.165) is 0 Å². The van der Waals surface area contributed by atoms with Crippen LogP contribution in [0.1, 0.15) is 13.8 Å². The van der Waals surface area contributed by atoms with Gasteiger partial charge < -0.3 is 31.5 Å². The highest BCUT2D eigenvalue weighted by molar-refractivity contribution is 5.98. The van der Waals surface area contributed by atoms with Crippen molar-refractivity contribution < 1.29 is 23.2 Å². The van der Waals surface area contributed by atoms with Crippen LogP contribution in [-0.2, 0) is 14.4 Å². The molecule has 0 radical (unpaired) electrons. The van der Waals surface area contributed by atoms with E-state index in [9.17, 15) is 23.2 Å². The predicted molar refractivity (Wildman–Crippen MR) is 137 cm³/mol. The van der Waals surface area contributed by atoms with Crippen molar-refractivity contribution in [3.63, 3.8) is 0 Å². The van der Waals surface area contributed by atoms with Crippen molar-refractivity contribution in [2.75, 3.05) is 43.9 Å². The van der Waals surface area contributed by atoms with E-state index >= 15 is 0 Å². The van der Waals surface area contributed by atoms with E-state index in [0.29, 0.717) is 11.5 Å². The van der Waals surface area contributed by atoms with Gasteiger partial charge in [0.1, 0.15) is 29.2 Å². The van der Waals surface area contributed by atoms with E-state index < -0.39 is 35.6 Å². The van der Waals surface area contributed by atoms with Crippen LogP contribution in [0.15, 0.2) is 36.2 Å². The molecule has 0 spiro atoms. The number of Topliss-reactive ketones (excluding diaryl/α,β-unsaturated/α-hetero) is 1. The Hall–Kier alpha value is -4.43. The van der Waals surface area contributed by atoms with Gasteiger partial charge in [-0.3, -0.25) is 14.4 Å². The number of nitrogens with two attached hydrogens (primary N) is 1. The molecule has 1 saturated carbocycles. The normalized spacial score (nSPS) is 20.3. The minimum Gasteiger partial charge on any atom is -0.383 e. The lowest BCUT2D eigenvalue weighted by molar-refractivity contribution is -0.122. The highest BCUT2D eigenvalue weighted by Gasteiger charge is 2.72. The van der Waals surface area contributed by atoms with Gasteiger partial charge in [0.05, 0.1) is 23.9 Å². The molecule has 2 aliphatic rings. The van der Waals surface area contributed by atoms with Crippen LogP contribution < -0.4 is 26.6 Å². The summed E-state index contributed by atoms with van der Waals surface area (Å²) in [7, 11) is 3.26. The van der Waals surface area contributed by atoms with Gasteiger partial charge in [-0.15, -0.1) is 0 Å². The maximum absolute atomic E-state index is 13.5. The van der Waals surface area contributed by atoms with Gasteiger partial charge in [-0.2, -0.15) is 0 Å². The van der Waals surface area contributed by atoms with Crippen LogP contribution in [0.3, 0.4) is 0 Å². The van der Waals surface area contributed by atoms with Gasteiger partial charge in [-0.1, -0.05) is 0 Å². The third-order valence-electron chi connectivity index (χ3n) is 6.50. The molecule has 2 fully saturated rings. The number of alkyl halides is 2. The molecule has 4 rings (SSSR count). The zero-order valence-corrected chi connectivity index (χ0v) is 21.9. The van der Waals surface area contributed by atoms with Crippen LogP contribution in [0, 0.1) is 11.8 Å². The Kier molecular flexibility index (Phi) is 7.60. The first-order valence-electron chi connectivity index (χ1n) is 12.2. The maximum Gasteiger partial charge on any atom is 0.271 e. The molecule has 2 unspecified atom stereocenters. The van der Waals surface area contributed by atoms with E-state index in [4.69, 9.17) is 5.73 Å². The second-order valence-electron chi connectivity index (χ2n) is 9.72. The maximum atomic E-state index is 13.5. The molecule has 1 aliphatic carbocycles. The fourth-order valence-electron chi connectivity index (χ4n) is 4.13. The Labute approximate surface area is 223 Å². The number of ketones is 1. The van der Waals surface area contributed by atoms with Gasteiger partial charge >= 0.3 is 0 Å². The van der Waals surface area contributed by atoms with Crippen molar-refractivity contribution in [2.24, 2.45) is 17.6 Å². The Bertz CT molecular complexity index is 1290. The average molecular weight is 545 g/mol. The second kappa shape index (κ2) is 10.7. The minimum absolute atomic E-state index is 0.0662. The number of hydrogen-bond acceptors (Lipinski definition) is 11. The smallest absolute Gasteiger partial charge is 0.271 e.